The first-order chi connectivity index (χ1) is 8.49. The number of aryl methyl sites for hydroxylation is 1. The van der Waals surface area contributed by atoms with Crippen LogP contribution in [-0.2, 0) is 4.79 Å². The SMILES string of the molecule is Cc1cc(Br)ccc1NC(=O)C1(/C(N)=N/O)CC1. The summed E-state index contributed by atoms with van der Waals surface area (Å²) < 4.78 is 0.954. The number of nitrogens with one attached hydrogen (secondary N) is 1. The van der Waals surface area contributed by atoms with Gasteiger partial charge in [-0.15, -0.1) is 0 Å². The van der Waals surface area contributed by atoms with Gasteiger partial charge in [0.25, 0.3) is 0 Å². The van der Waals surface area contributed by atoms with Gasteiger partial charge in [0.05, 0.1) is 0 Å². The van der Waals surface area contributed by atoms with Crippen LogP contribution in [0.2, 0.25) is 0 Å². The second kappa shape index (κ2) is 4.61. The zero-order valence-corrected chi connectivity index (χ0v) is 11.5. The Hall–Kier alpha value is -1.56. The Kier molecular flexibility index (Phi) is 3.30. The first kappa shape index (κ1) is 12.9. The molecule has 0 saturated heterocycles. The van der Waals surface area contributed by atoms with Gasteiger partial charge in [-0.3, -0.25) is 4.79 Å². The van der Waals surface area contributed by atoms with Gasteiger partial charge in [-0.2, -0.15) is 0 Å². The van der Waals surface area contributed by atoms with Gasteiger partial charge in [0.1, 0.15) is 5.41 Å². The first-order valence-electron chi connectivity index (χ1n) is 5.55. The Bertz CT molecular complexity index is 524. The average molecular weight is 312 g/mol. The lowest BCUT2D eigenvalue weighted by Gasteiger charge is -2.15. The lowest BCUT2D eigenvalue weighted by molar-refractivity contribution is -0.119. The summed E-state index contributed by atoms with van der Waals surface area (Å²) in [5, 5.41) is 14.5. The summed E-state index contributed by atoms with van der Waals surface area (Å²) in [6, 6.07) is 5.59. The zero-order valence-electron chi connectivity index (χ0n) is 9.90. The van der Waals surface area contributed by atoms with Crippen LogP contribution in [0.5, 0.6) is 0 Å². The second-order valence-corrected chi connectivity index (χ2v) is 5.40. The summed E-state index contributed by atoms with van der Waals surface area (Å²) in [6.07, 6.45) is 1.23. The minimum atomic E-state index is -0.825. The van der Waals surface area contributed by atoms with E-state index in [2.05, 4.69) is 26.4 Å². The fraction of sp³-hybridized carbons (Fsp3) is 0.333. The number of halogens is 1. The Morgan fingerprint density at radius 1 is 1.56 bits per heavy atom. The van der Waals surface area contributed by atoms with Gasteiger partial charge in [0.15, 0.2) is 5.84 Å². The number of nitrogens with two attached hydrogens (primary N) is 1. The van der Waals surface area contributed by atoms with Gasteiger partial charge in [-0.1, -0.05) is 21.1 Å². The molecular formula is C12H14BrN3O2. The maximum atomic E-state index is 12.1. The molecule has 2 rings (SSSR count). The molecule has 4 N–H and O–H groups in total. The molecule has 6 heteroatoms. The molecule has 0 bridgehead atoms. The number of carbonyl (C=O) groups is 1. The van der Waals surface area contributed by atoms with Crippen LogP contribution >= 0.6 is 15.9 Å². The number of amides is 1. The minimum absolute atomic E-state index is 0.0187. The summed E-state index contributed by atoms with van der Waals surface area (Å²) >= 11 is 3.36. The fourth-order valence-electron chi connectivity index (χ4n) is 1.83. The van der Waals surface area contributed by atoms with Crippen molar-refractivity contribution in [3.05, 3.63) is 28.2 Å². The van der Waals surface area contributed by atoms with Crippen LogP contribution in [-0.4, -0.2) is 17.0 Å². The molecule has 0 spiro atoms. The summed E-state index contributed by atoms with van der Waals surface area (Å²) in [5.41, 5.74) is 6.42. The van der Waals surface area contributed by atoms with E-state index in [-0.39, 0.29) is 11.7 Å². The molecule has 0 aromatic heterocycles. The number of benzene rings is 1. The molecule has 1 fully saturated rings. The number of amidine groups is 1. The predicted molar refractivity (Wildman–Crippen MR) is 72.6 cm³/mol. The summed E-state index contributed by atoms with van der Waals surface area (Å²) in [6.45, 7) is 1.91. The Morgan fingerprint density at radius 3 is 2.72 bits per heavy atom. The van der Waals surface area contributed by atoms with E-state index in [0.29, 0.717) is 12.8 Å². The van der Waals surface area contributed by atoms with Gasteiger partial charge >= 0.3 is 0 Å². The van der Waals surface area contributed by atoms with Crippen molar-refractivity contribution in [1.82, 2.24) is 0 Å². The van der Waals surface area contributed by atoms with E-state index in [1.165, 1.54) is 0 Å². The largest absolute Gasteiger partial charge is 0.409 e. The average Bonchev–Trinajstić information content (AvgIpc) is 3.13. The third-order valence-corrected chi connectivity index (χ3v) is 3.71. The standard InChI is InChI=1S/C12H14BrN3O2/c1-7-6-8(13)2-3-9(7)15-11(17)12(4-5-12)10(14)16-18/h2-3,6,18H,4-5H2,1H3,(H2,14,16)(H,15,17). The first-order valence-corrected chi connectivity index (χ1v) is 6.34. The van der Waals surface area contributed by atoms with Crippen molar-refractivity contribution in [3.8, 4) is 0 Å². The fourth-order valence-corrected chi connectivity index (χ4v) is 2.31. The Labute approximate surface area is 113 Å². The quantitative estimate of drug-likeness (QED) is 0.346. The van der Waals surface area contributed by atoms with E-state index in [4.69, 9.17) is 10.9 Å². The van der Waals surface area contributed by atoms with Crippen LogP contribution in [0.15, 0.2) is 27.8 Å². The molecule has 1 amide bonds. The third-order valence-electron chi connectivity index (χ3n) is 3.22. The molecule has 0 unspecified atom stereocenters. The van der Waals surface area contributed by atoms with Crippen LogP contribution in [0.3, 0.4) is 0 Å². The molecule has 0 radical (unpaired) electrons. The summed E-state index contributed by atoms with van der Waals surface area (Å²) in [5.74, 6) is -0.238. The highest BCUT2D eigenvalue weighted by Crippen LogP contribution is 2.46. The van der Waals surface area contributed by atoms with Crippen LogP contribution in [0.1, 0.15) is 18.4 Å². The Morgan fingerprint density at radius 2 is 2.22 bits per heavy atom. The second-order valence-electron chi connectivity index (χ2n) is 4.48. The van der Waals surface area contributed by atoms with Crippen molar-refractivity contribution in [2.45, 2.75) is 19.8 Å². The number of anilines is 1. The lowest BCUT2D eigenvalue weighted by Crippen LogP contribution is -2.36. The highest BCUT2D eigenvalue weighted by atomic mass is 79.9. The monoisotopic (exact) mass is 311 g/mol. The molecule has 1 aliphatic carbocycles. The minimum Gasteiger partial charge on any atom is -0.409 e. The molecule has 96 valence electrons. The maximum absolute atomic E-state index is 12.1. The molecule has 0 aliphatic heterocycles. The van der Waals surface area contributed by atoms with Crippen molar-refractivity contribution >= 4 is 33.4 Å². The van der Waals surface area contributed by atoms with Gasteiger partial charge in [-0.05, 0) is 43.5 Å². The van der Waals surface area contributed by atoms with E-state index in [0.717, 1.165) is 15.7 Å². The molecule has 0 heterocycles. The number of carbonyl (C=O) groups excluding carboxylic acids is 1. The van der Waals surface area contributed by atoms with Crippen molar-refractivity contribution < 1.29 is 10.0 Å². The normalized spacial score (nSPS) is 17.3. The van der Waals surface area contributed by atoms with Crippen molar-refractivity contribution in [1.29, 1.82) is 0 Å². The van der Waals surface area contributed by atoms with Gasteiger partial charge in [0, 0.05) is 10.2 Å². The smallest absolute Gasteiger partial charge is 0.238 e. The molecule has 18 heavy (non-hydrogen) atoms. The van der Waals surface area contributed by atoms with Crippen molar-refractivity contribution in [3.63, 3.8) is 0 Å². The predicted octanol–water partition coefficient (Wildman–Crippen LogP) is 2.22. The number of nitrogens with zero attached hydrogens (tertiary/aromatic N) is 1. The molecule has 5 nitrogen and oxygen atoms in total. The number of rotatable bonds is 3. The van der Waals surface area contributed by atoms with E-state index in [9.17, 15) is 4.79 Å². The van der Waals surface area contributed by atoms with E-state index >= 15 is 0 Å². The van der Waals surface area contributed by atoms with Crippen molar-refractivity contribution in [2.75, 3.05) is 5.32 Å². The van der Waals surface area contributed by atoms with Gasteiger partial charge in [0.2, 0.25) is 5.91 Å². The zero-order chi connectivity index (χ0) is 13.3. The molecule has 1 saturated carbocycles. The third kappa shape index (κ3) is 2.20. The van der Waals surface area contributed by atoms with E-state index in [1.807, 2.05) is 25.1 Å². The molecule has 1 aromatic rings. The van der Waals surface area contributed by atoms with E-state index in [1.54, 1.807) is 0 Å². The van der Waals surface area contributed by atoms with Crippen LogP contribution in [0.25, 0.3) is 0 Å². The van der Waals surface area contributed by atoms with Crippen LogP contribution in [0, 0.1) is 12.3 Å². The summed E-state index contributed by atoms with van der Waals surface area (Å²) in [7, 11) is 0. The highest BCUT2D eigenvalue weighted by Gasteiger charge is 2.54. The number of hydrogen-bond acceptors (Lipinski definition) is 3. The Balaban J connectivity index is 2.18. The molecule has 0 atom stereocenters. The molecular weight excluding hydrogens is 298 g/mol. The van der Waals surface area contributed by atoms with Gasteiger partial charge in [-0.25, -0.2) is 0 Å². The van der Waals surface area contributed by atoms with Crippen LogP contribution < -0.4 is 11.1 Å². The number of hydrogen-bond donors (Lipinski definition) is 3. The molecule has 1 aliphatic rings. The van der Waals surface area contributed by atoms with E-state index < -0.39 is 5.41 Å². The van der Waals surface area contributed by atoms with Crippen molar-refractivity contribution in [2.24, 2.45) is 16.3 Å². The lowest BCUT2D eigenvalue weighted by atomic mass is 10.0. The van der Waals surface area contributed by atoms with Gasteiger partial charge < -0.3 is 16.3 Å². The topological polar surface area (TPSA) is 87.7 Å². The van der Waals surface area contributed by atoms with Crippen LogP contribution in [0.4, 0.5) is 5.69 Å². The summed E-state index contributed by atoms with van der Waals surface area (Å²) in [4.78, 5) is 12.1. The highest BCUT2D eigenvalue weighted by molar-refractivity contribution is 9.10. The maximum Gasteiger partial charge on any atom is 0.238 e. The number of oxime groups is 1. The molecule has 1 aromatic carbocycles.